The van der Waals surface area contributed by atoms with Crippen molar-refractivity contribution in [3.8, 4) is 6.07 Å². The van der Waals surface area contributed by atoms with E-state index in [4.69, 9.17) is 10.1 Å². The lowest BCUT2D eigenvalue weighted by Gasteiger charge is -2.34. The minimum absolute atomic E-state index is 0.0201. The lowest BCUT2D eigenvalue weighted by molar-refractivity contribution is -0.182. The van der Waals surface area contributed by atoms with Crippen LogP contribution < -0.4 is 4.90 Å². The van der Waals surface area contributed by atoms with Gasteiger partial charge in [0.15, 0.2) is 0 Å². The van der Waals surface area contributed by atoms with Gasteiger partial charge in [-0.05, 0) is 36.1 Å². The van der Waals surface area contributed by atoms with Crippen LogP contribution in [0, 0.1) is 17.2 Å². The molecule has 29 heavy (non-hydrogen) atoms. The Morgan fingerprint density at radius 3 is 2.90 bits per heavy atom. The van der Waals surface area contributed by atoms with E-state index in [0.717, 1.165) is 11.1 Å². The first-order valence-electron chi connectivity index (χ1n) is 9.68. The van der Waals surface area contributed by atoms with Gasteiger partial charge in [0.1, 0.15) is 11.8 Å². The van der Waals surface area contributed by atoms with Gasteiger partial charge in [-0.15, -0.1) is 0 Å². The van der Waals surface area contributed by atoms with Crippen LogP contribution in [0.3, 0.4) is 0 Å². The Bertz CT molecular complexity index is 922. The quantitative estimate of drug-likeness (QED) is 0.826. The molecule has 4 rings (SSSR count). The number of hydrogen-bond donors (Lipinski definition) is 1. The fourth-order valence-corrected chi connectivity index (χ4v) is 3.83. The molecule has 2 aliphatic rings. The third kappa shape index (κ3) is 4.04. The molecule has 2 aromatic rings. The van der Waals surface area contributed by atoms with Gasteiger partial charge < -0.3 is 10.0 Å². The SMILES string of the molecule is N#Cc1ccnc(N2CCC(C(=O)N3OCCC3c3cncc(CO)c3)CC2)n1. The van der Waals surface area contributed by atoms with Crippen LogP contribution in [0.2, 0.25) is 0 Å². The number of piperidine rings is 1. The predicted molar refractivity (Wildman–Crippen MR) is 102 cm³/mol. The third-order valence-corrected chi connectivity index (χ3v) is 5.39. The fourth-order valence-electron chi connectivity index (χ4n) is 3.83. The zero-order valence-corrected chi connectivity index (χ0v) is 15.9. The van der Waals surface area contributed by atoms with E-state index in [1.165, 1.54) is 5.06 Å². The van der Waals surface area contributed by atoms with E-state index >= 15 is 0 Å². The molecule has 1 amide bonds. The van der Waals surface area contributed by atoms with Gasteiger partial charge in [-0.3, -0.25) is 14.6 Å². The highest BCUT2D eigenvalue weighted by Crippen LogP contribution is 2.33. The van der Waals surface area contributed by atoms with Crippen molar-refractivity contribution < 1.29 is 14.7 Å². The number of hydroxylamine groups is 2. The number of aliphatic hydroxyl groups excluding tert-OH is 1. The van der Waals surface area contributed by atoms with Crippen molar-refractivity contribution in [1.82, 2.24) is 20.0 Å². The zero-order valence-electron chi connectivity index (χ0n) is 15.9. The summed E-state index contributed by atoms with van der Waals surface area (Å²) in [6.45, 7) is 1.68. The van der Waals surface area contributed by atoms with E-state index < -0.39 is 0 Å². The topological polar surface area (TPSA) is 115 Å². The molecule has 9 nitrogen and oxygen atoms in total. The summed E-state index contributed by atoms with van der Waals surface area (Å²) in [5, 5.41) is 19.8. The summed E-state index contributed by atoms with van der Waals surface area (Å²) in [7, 11) is 0. The van der Waals surface area contributed by atoms with E-state index in [1.54, 1.807) is 24.7 Å². The summed E-state index contributed by atoms with van der Waals surface area (Å²) < 4.78 is 0. The second-order valence-corrected chi connectivity index (χ2v) is 7.20. The maximum absolute atomic E-state index is 13.1. The maximum Gasteiger partial charge on any atom is 0.249 e. The lowest BCUT2D eigenvalue weighted by atomic mass is 9.94. The molecule has 9 heteroatoms. The number of pyridine rings is 1. The van der Waals surface area contributed by atoms with Crippen molar-refractivity contribution in [2.75, 3.05) is 24.6 Å². The molecule has 0 spiro atoms. The molecule has 0 aromatic carbocycles. The summed E-state index contributed by atoms with van der Waals surface area (Å²) in [6, 6.07) is 5.28. The average Bonchev–Trinajstić information content (AvgIpc) is 3.29. The number of aliphatic hydroxyl groups is 1. The van der Waals surface area contributed by atoms with Crippen molar-refractivity contribution in [3.63, 3.8) is 0 Å². The van der Waals surface area contributed by atoms with Gasteiger partial charge in [-0.2, -0.15) is 5.26 Å². The minimum Gasteiger partial charge on any atom is -0.392 e. The van der Waals surface area contributed by atoms with Crippen LogP contribution in [0.1, 0.15) is 42.1 Å². The Balaban J connectivity index is 1.41. The van der Waals surface area contributed by atoms with Crippen molar-refractivity contribution in [3.05, 3.63) is 47.5 Å². The molecule has 2 aliphatic heterocycles. The summed E-state index contributed by atoms with van der Waals surface area (Å²) in [6.07, 6.45) is 6.96. The number of carbonyl (C=O) groups is 1. The van der Waals surface area contributed by atoms with Crippen LogP contribution in [-0.2, 0) is 16.2 Å². The first-order valence-corrected chi connectivity index (χ1v) is 9.68. The number of rotatable bonds is 4. The van der Waals surface area contributed by atoms with E-state index in [2.05, 4.69) is 15.0 Å². The summed E-state index contributed by atoms with van der Waals surface area (Å²) in [4.78, 5) is 33.4. The van der Waals surface area contributed by atoms with Gasteiger partial charge in [0.05, 0.1) is 19.3 Å². The zero-order chi connectivity index (χ0) is 20.2. The van der Waals surface area contributed by atoms with Crippen molar-refractivity contribution in [1.29, 1.82) is 5.26 Å². The number of nitrogens with zero attached hydrogens (tertiary/aromatic N) is 6. The normalized spacial score (nSPS) is 19.9. The van der Waals surface area contributed by atoms with Crippen LogP contribution >= 0.6 is 0 Å². The molecule has 1 N–H and O–H groups in total. The largest absolute Gasteiger partial charge is 0.392 e. The average molecular weight is 394 g/mol. The smallest absolute Gasteiger partial charge is 0.249 e. The molecule has 0 aliphatic carbocycles. The molecule has 0 saturated carbocycles. The number of carbonyl (C=O) groups excluding carboxylic acids is 1. The number of aromatic nitrogens is 3. The first-order chi connectivity index (χ1) is 14.2. The highest BCUT2D eigenvalue weighted by molar-refractivity contribution is 5.79. The van der Waals surface area contributed by atoms with Crippen molar-refractivity contribution in [2.45, 2.75) is 31.9 Å². The summed E-state index contributed by atoms with van der Waals surface area (Å²) in [5.41, 5.74) is 1.93. The van der Waals surface area contributed by atoms with Crippen LogP contribution in [0.4, 0.5) is 5.95 Å². The van der Waals surface area contributed by atoms with Gasteiger partial charge in [0.25, 0.3) is 0 Å². The standard InChI is InChI=1S/C20H22N6O3/c21-10-17-1-5-23-20(24-17)25-6-2-15(3-7-25)19(28)26-18(4-8-29-26)16-9-14(13-27)11-22-12-16/h1,5,9,11-12,15,18,27H,2-4,6-8,13H2. The lowest BCUT2D eigenvalue weighted by Crippen LogP contribution is -2.42. The van der Waals surface area contributed by atoms with Gasteiger partial charge in [-0.25, -0.2) is 15.0 Å². The molecule has 2 aromatic heterocycles. The third-order valence-electron chi connectivity index (χ3n) is 5.39. The highest BCUT2D eigenvalue weighted by Gasteiger charge is 2.37. The molecule has 1 atom stereocenters. The van der Waals surface area contributed by atoms with E-state index in [0.29, 0.717) is 50.6 Å². The minimum atomic E-state index is -0.185. The van der Waals surface area contributed by atoms with Crippen LogP contribution in [0.25, 0.3) is 0 Å². The second kappa shape index (κ2) is 8.51. The highest BCUT2D eigenvalue weighted by atomic mass is 16.7. The Labute approximate surface area is 168 Å². The monoisotopic (exact) mass is 394 g/mol. The van der Waals surface area contributed by atoms with Crippen molar-refractivity contribution in [2.24, 2.45) is 5.92 Å². The fraction of sp³-hybridized carbons (Fsp3) is 0.450. The second-order valence-electron chi connectivity index (χ2n) is 7.20. The molecule has 4 heterocycles. The van der Waals surface area contributed by atoms with E-state index in [1.807, 2.05) is 17.0 Å². The molecule has 0 radical (unpaired) electrons. The summed E-state index contributed by atoms with van der Waals surface area (Å²) >= 11 is 0. The van der Waals surface area contributed by atoms with Crippen LogP contribution in [0.15, 0.2) is 30.7 Å². The molecule has 1 unspecified atom stereocenters. The molecule has 2 fully saturated rings. The van der Waals surface area contributed by atoms with E-state index in [9.17, 15) is 9.90 Å². The number of amides is 1. The maximum atomic E-state index is 13.1. The van der Waals surface area contributed by atoms with Crippen LogP contribution in [0.5, 0.6) is 0 Å². The molecule has 0 bridgehead atoms. The van der Waals surface area contributed by atoms with Crippen molar-refractivity contribution >= 4 is 11.9 Å². The first kappa shape index (κ1) is 19.2. The number of hydrogen-bond acceptors (Lipinski definition) is 8. The Morgan fingerprint density at radius 2 is 2.14 bits per heavy atom. The van der Waals surface area contributed by atoms with Gasteiger partial charge in [0, 0.05) is 44.0 Å². The van der Waals surface area contributed by atoms with Gasteiger partial charge in [0.2, 0.25) is 11.9 Å². The predicted octanol–water partition coefficient (Wildman–Crippen LogP) is 1.36. The molecular weight excluding hydrogens is 372 g/mol. The Kier molecular flexibility index (Phi) is 5.64. The van der Waals surface area contributed by atoms with Gasteiger partial charge in [-0.1, -0.05) is 0 Å². The molecule has 2 saturated heterocycles. The Morgan fingerprint density at radius 1 is 1.31 bits per heavy atom. The van der Waals surface area contributed by atoms with E-state index in [-0.39, 0.29) is 24.5 Å². The number of nitriles is 1. The molecule has 150 valence electrons. The summed E-state index contributed by atoms with van der Waals surface area (Å²) in [5.74, 6) is 0.366. The van der Waals surface area contributed by atoms with Crippen LogP contribution in [-0.4, -0.2) is 50.7 Å². The Hall–Kier alpha value is -3.09. The number of anilines is 1. The molecular formula is C20H22N6O3. The van der Waals surface area contributed by atoms with Gasteiger partial charge >= 0.3 is 0 Å².